The van der Waals surface area contributed by atoms with Gasteiger partial charge in [0.2, 0.25) is 5.91 Å². The van der Waals surface area contributed by atoms with Crippen LogP contribution >= 0.6 is 0 Å². The Labute approximate surface area is 127 Å². The first-order chi connectivity index (χ1) is 10.1. The summed E-state index contributed by atoms with van der Waals surface area (Å²) in [5, 5.41) is 3.13. The van der Waals surface area contributed by atoms with Crippen molar-refractivity contribution in [3.63, 3.8) is 0 Å². The number of hydrogen-bond acceptors (Lipinski definition) is 3. The van der Waals surface area contributed by atoms with Crippen molar-refractivity contribution in [3.8, 4) is 0 Å². The molecule has 3 atom stereocenters. The Hall–Kier alpha value is -1.39. The molecule has 21 heavy (non-hydrogen) atoms. The van der Waals surface area contributed by atoms with Gasteiger partial charge in [-0.2, -0.15) is 0 Å². The van der Waals surface area contributed by atoms with Gasteiger partial charge < -0.3 is 11.1 Å². The van der Waals surface area contributed by atoms with Crippen LogP contribution in [-0.4, -0.2) is 36.0 Å². The molecule has 3 N–H and O–H groups in total. The summed E-state index contributed by atoms with van der Waals surface area (Å²) < 4.78 is 0. The molecule has 1 aliphatic carbocycles. The summed E-state index contributed by atoms with van der Waals surface area (Å²) in [5.41, 5.74) is 6.98. The Balaban J connectivity index is 1.98. The summed E-state index contributed by atoms with van der Waals surface area (Å²) in [6.45, 7) is 2.65. The van der Waals surface area contributed by atoms with Crippen molar-refractivity contribution < 1.29 is 4.79 Å². The molecule has 4 nitrogen and oxygen atoms in total. The third-order valence-electron chi connectivity index (χ3n) is 4.31. The molecule has 2 rings (SSSR count). The molecule has 1 saturated carbocycles. The van der Waals surface area contributed by atoms with E-state index in [2.05, 4.69) is 41.5 Å². The number of benzene rings is 1. The largest absolute Gasteiger partial charge is 0.350 e. The zero-order valence-corrected chi connectivity index (χ0v) is 13.1. The van der Waals surface area contributed by atoms with E-state index >= 15 is 0 Å². The summed E-state index contributed by atoms with van der Waals surface area (Å²) in [7, 11) is 2.15. The third kappa shape index (κ3) is 4.55. The zero-order valence-electron chi connectivity index (χ0n) is 13.1. The van der Waals surface area contributed by atoms with Crippen LogP contribution < -0.4 is 11.1 Å². The van der Waals surface area contributed by atoms with Crippen LogP contribution in [0.4, 0.5) is 0 Å². The van der Waals surface area contributed by atoms with Gasteiger partial charge in [-0.3, -0.25) is 9.69 Å². The molecule has 0 aliphatic heterocycles. The van der Waals surface area contributed by atoms with Gasteiger partial charge in [0.1, 0.15) is 0 Å². The Morgan fingerprint density at radius 1 is 1.33 bits per heavy atom. The van der Waals surface area contributed by atoms with E-state index in [9.17, 15) is 4.79 Å². The number of hydrogen-bond donors (Lipinski definition) is 2. The predicted molar refractivity (Wildman–Crippen MR) is 85.7 cm³/mol. The van der Waals surface area contributed by atoms with Gasteiger partial charge in [0.15, 0.2) is 0 Å². The monoisotopic (exact) mass is 289 g/mol. The Bertz CT molecular complexity index is 447. The fourth-order valence-corrected chi connectivity index (χ4v) is 3.11. The highest BCUT2D eigenvalue weighted by Gasteiger charge is 2.29. The Kier molecular flexibility index (Phi) is 5.76. The number of nitrogens with two attached hydrogens (primary N) is 1. The van der Waals surface area contributed by atoms with Crippen LogP contribution in [0.5, 0.6) is 0 Å². The first-order valence-electron chi connectivity index (χ1n) is 7.88. The van der Waals surface area contributed by atoms with E-state index < -0.39 is 6.04 Å². The fraction of sp³-hybridized carbons (Fsp3) is 0.588. The normalized spacial score (nSPS) is 23.8. The summed E-state index contributed by atoms with van der Waals surface area (Å²) in [6, 6.07) is 10.6. The maximum absolute atomic E-state index is 11.9. The van der Waals surface area contributed by atoms with Gasteiger partial charge >= 0.3 is 0 Å². The lowest BCUT2D eigenvalue weighted by molar-refractivity contribution is -0.123. The van der Waals surface area contributed by atoms with E-state index in [0.29, 0.717) is 6.04 Å². The molecule has 1 amide bonds. The molecule has 4 heteroatoms. The van der Waals surface area contributed by atoms with Crippen LogP contribution in [0.25, 0.3) is 0 Å². The molecule has 0 aromatic heterocycles. The number of likely N-dealkylation sites (N-methyl/N-ethyl adjacent to an activating group) is 1. The van der Waals surface area contributed by atoms with E-state index in [0.717, 1.165) is 19.4 Å². The lowest BCUT2D eigenvalue weighted by Crippen LogP contribution is -2.54. The van der Waals surface area contributed by atoms with Crippen LogP contribution in [0.1, 0.15) is 38.2 Å². The molecule has 1 fully saturated rings. The first-order valence-corrected chi connectivity index (χ1v) is 7.88. The average molecular weight is 289 g/mol. The van der Waals surface area contributed by atoms with Crippen LogP contribution in [0, 0.1) is 0 Å². The van der Waals surface area contributed by atoms with E-state index in [1.165, 1.54) is 18.4 Å². The molecule has 0 heterocycles. The molecule has 0 radical (unpaired) electrons. The summed E-state index contributed by atoms with van der Waals surface area (Å²) in [5.74, 6) is -0.0417. The lowest BCUT2D eigenvalue weighted by Gasteiger charge is -2.38. The number of carbonyl (C=O) groups excluding carboxylic acids is 1. The molecule has 0 saturated heterocycles. The van der Waals surface area contributed by atoms with Crippen molar-refractivity contribution in [2.45, 2.75) is 57.3 Å². The van der Waals surface area contributed by atoms with Gasteiger partial charge in [0, 0.05) is 18.6 Å². The highest BCUT2D eigenvalue weighted by atomic mass is 16.2. The van der Waals surface area contributed by atoms with Gasteiger partial charge in [0.25, 0.3) is 0 Å². The molecule has 0 unspecified atom stereocenters. The Morgan fingerprint density at radius 3 is 2.67 bits per heavy atom. The molecule has 1 aromatic rings. The molecular weight excluding hydrogens is 262 g/mol. The van der Waals surface area contributed by atoms with Gasteiger partial charge in [-0.15, -0.1) is 0 Å². The Morgan fingerprint density at radius 2 is 2.00 bits per heavy atom. The second-order valence-electron chi connectivity index (χ2n) is 6.16. The predicted octanol–water partition coefficient (Wildman–Crippen LogP) is 1.89. The van der Waals surface area contributed by atoms with E-state index in [-0.39, 0.29) is 11.9 Å². The lowest BCUT2D eigenvalue weighted by atomic mass is 9.89. The minimum absolute atomic E-state index is 0.0417. The van der Waals surface area contributed by atoms with E-state index in [1.54, 1.807) is 6.92 Å². The van der Waals surface area contributed by atoms with Crippen LogP contribution in [0.2, 0.25) is 0 Å². The standard InChI is InChI=1S/C17H27N3O/c1-13(18)17(21)19-15-10-6-7-11-16(15)20(2)12-14-8-4-3-5-9-14/h3-5,8-9,13,15-16H,6-7,10-12,18H2,1-2H3,(H,19,21)/t13-,15-,16-/m0/s1. The number of nitrogens with zero attached hydrogens (tertiary/aromatic N) is 1. The zero-order chi connectivity index (χ0) is 15.2. The number of amides is 1. The second kappa shape index (κ2) is 7.57. The molecule has 1 aromatic carbocycles. The SMILES string of the molecule is C[C@H](N)C(=O)N[C@H]1CCCC[C@@H]1N(C)Cc1ccccc1. The summed E-state index contributed by atoms with van der Waals surface area (Å²) >= 11 is 0. The van der Waals surface area contributed by atoms with Gasteiger partial charge in [-0.25, -0.2) is 0 Å². The number of nitrogens with one attached hydrogen (secondary N) is 1. The van der Waals surface area contributed by atoms with Crippen molar-refractivity contribution in [2.24, 2.45) is 5.73 Å². The smallest absolute Gasteiger partial charge is 0.236 e. The van der Waals surface area contributed by atoms with Gasteiger partial charge in [0.05, 0.1) is 6.04 Å². The van der Waals surface area contributed by atoms with Gasteiger partial charge in [-0.1, -0.05) is 43.2 Å². The van der Waals surface area contributed by atoms with Gasteiger partial charge in [-0.05, 0) is 32.4 Å². The van der Waals surface area contributed by atoms with Crippen molar-refractivity contribution in [2.75, 3.05) is 7.05 Å². The molecular formula is C17H27N3O. The molecule has 0 spiro atoms. The molecule has 0 bridgehead atoms. The quantitative estimate of drug-likeness (QED) is 0.870. The minimum Gasteiger partial charge on any atom is -0.350 e. The highest BCUT2D eigenvalue weighted by Crippen LogP contribution is 2.23. The van der Waals surface area contributed by atoms with Crippen molar-refractivity contribution >= 4 is 5.91 Å². The minimum atomic E-state index is -0.438. The average Bonchev–Trinajstić information content (AvgIpc) is 2.48. The van der Waals surface area contributed by atoms with Crippen LogP contribution in [-0.2, 0) is 11.3 Å². The van der Waals surface area contributed by atoms with Crippen LogP contribution in [0.3, 0.4) is 0 Å². The number of carbonyl (C=O) groups is 1. The first kappa shape index (κ1) is 16.0. The summed E-state index contributed by atoms with van der Waals surface area (Å²) in [6.07, 6.45) is 4.59. The van der Waals surface area contributed by atoms with Crippen molar-refractivity contribution in [3.05, 3.63) is 35.9 Å². The maximum Gasteiger partial charge on any atom is 0.236 e. The fourth-order valence-electron chi connectivity index (χ4n) is 3.11. The highest BCUT2D eigenvalue weighted by molar-refractivity contribution is 5.81. The summed E-state index contributed by atoms with van der Waals surface area (Å²) in [4.78, 5) is 14.2. The topological polar surface area (TPSA) is 58.4 Å². The molecule has 116 valence electrons. The van der Waals surface area contributed by atoms with E-state index in [4.69, 9.17) is 5.73 Å². The molecule has 1 aliphatic rings. The number of rotatable bonds is 5. The third-order valence-corrected chi connectivity index (χ3v) is 4.31. The van der Waals surface area contributed by atoms with Crippen LogP contribution in [0.15, 0.2) is 30.3 Å². The van der Waals surface area contributed by atoms with Crippen molar-refractivity contribution in [1.29, 1.82) is 0 Å². The maximum atomic E-state index is 11.9. The van der Waals surface area contributed by atoms with E-state index in [1.807, 2.05) is 6.07 Å². The second-order valence-corrected chi connectivity index (χ2v) is 6.16. The van der Waals surface area contributed by atoms with Crippen molar-refractivity contribution in [1.82, 2.24) is 10.2 Å².